The fourth-order valence-corrected chi connectivity index (χ4v) is 1.90. The van der Waals surface area contributed by atoms with E-state index in [9.17, 15) is 18.0 Å². The van der Waals surface area contributed by atoms with Crippen LogP contribution in [-0.2, 0) is 6.18 Å². The number of pyridine rings is 1. The lowest BCUT2D eigenvalue weighted by Gasteiger charge is -2.09. The van der Waals surface area contributed by atoms with E-state index < -0.39 is 17.6 Å². The Balaban J connectivity index is 2.93. The van der Waals surface area contributed by atoms with E-state index in [0.29, 0.717) is 5.69 Å². The maximum Gasteiger partial charge on any atom is 0.434 e. The number of fused-ring (bicyclic) bond motifs is 1. The van der Waals surface area contributed by atoms with Gasteiger partial charge in [0.25, 0.3) is 0 Å². The molecule has 0 amide bonds. The van der Waals surface area contributed by atoms with Crippen molar-refractivity contribution in [1.29, 1.82) is 0 Å². The molecule has 2 aromatic heterocycles. The van der Waals surface area contributed by atoms with Crippen LogP contribution >= 0.6 is 0 Å². The molecule has 0 bridgehead atoms. The molecule has 6 heteroatoms. The fourth-order valence-electron chi connectivity index (χ4n) is 1.90. The lowest BCUT2D eigenvalue weighted by atomic mass is 10.2. The van der Waals surface area contributed by atoms with Crippen LogP contribution in [0.5, 0.6) is 0 Å². The van der Waals surface area contributed by atoms with Gasteiger partial charge in [-0.2, -0.15) is 13.2 Å². The summed E-state index contributed by atoms with van der Waals surface area (Å²) in [6, 6.07) is 3.12. The maximum atomic E-state index is 12.9. The number of nitrogens with zero attached hydrogens (tertiary/aromatic N) is 2. The van der Waals surface area contributed by atoms with Crippen LogP contribution in [0.15, 0.2) is 12.1 Å². The summed E-state index contributed by atoms with van der Waals surface area (Å²) in [7, 11) is 0. The standard InChI is InChI=1S/C11H9F3N2O/c1-6-3-7(2)16-9(4-6)15-8(5-17)10(16)11(12,13)14/h3-5H,1-2H3. The number of hydrogen-bond acceptors (Lipinski definition) is 2. The predicted molar refractivity (Wildman–Crippen MR) is 55.1 cm³/mol. The van der Waals surface area contributed by atoms with Crippen molar-refractivity contribution < 1.29 is 18.0 Å². The summed E-state index contributed by atoms with van der Waals surface area (Å²) in [5.74, 6) is 0. The van der Waals surface area contributed by atoms with Crippen molar-refractivity contribution in [2.75, 3.05) is 0 Å². The second kappa shape index (κ2) is 3.58. The van der Waals surface area contributed by atoms with Gasteiger partial charge >= 0.3 is 6.18 Å². The Morgan fingerprint density at radius 2 is 1.94 bits per heavy atom. The summed E-state index contributed by atoms with van der Waals surface area (Å²) in [4.78, 5) is 14.4. The first-order valence-corrected chi connectivity index (χ1v) is 4.86. The largest absolute Gasteiger partial charge is 0.434 e. The molecule has 0 saturated carbocycles. The van der Waals surface area contributed by atoms with Gasteiger partial charge in [-0.25, -0.2) is 4.98 Å². The topological polar surface area (TPSA) is 34.4 Å². The number of carbonyl (C=O) groups excluding carboxylic acids is 1. The van der Waals surface area contributed by atoms with Gasteiger partial charge < -0.3 is 0 Å². The van der Waals surface area contributed by atoms with Gasteiger partial charge in [0.1, 0.15) is 11.3 Å². The highest BCUT2D eigenvalue weighted by Crippen LogP contribution is 2.33. The van der Waals surface area contributed by atoms with Crippen LogP contribution in [0, 0.1) is 13.8 Å². The number of aromatic nitrogens is 2. The second-order valence-electron chi connectivity index (χ2n) is 3.83. The van der Waals surface area contributed by atoms with Crippen molar-refractivity contribution in [3.05, 3.63) is 34.8 Å². The zero-order valence-electron chi connectivity index (χ0n) is 9.17. The van der Waals surface area contributed by atoms with Gasteiger partial charge in [-0.15, -0.1) is 0 Å². The fraction of sp³-hybridized carbons (Fsp3) is 0.273. The van der Waals surface area contributed by atoms with Crippen LogP contribution in [0.3, 0.4) is 0 Å². The number of carbonyl (C=O) groups is 1. The summed E-state index contributed by atoms with van der Waals surface area (Å²) in [5, 5.41) is 0. The van der Waals surface area contributed by atoms with Crippen LogP contribution in [0.25, 0.3) is 5.65 Å². The molecule has 2 aromatic rings. The van der Waals surface area contributed by atoms with Crippen molar-refractivity contribution in [2.45, 2.75) is 20.0 Å². The van der Waals surface area contributed by atoms with Crippen molar-refractivity contribution in [3.8, 4) is 0 Å². The third-order valence-electron chi connectivity index (χ3n) is 2.46. The van der Waals surface area contributed by atoms with E-state index in [-0.39, 0.29) is 11.9 Å². The first kappa shape index (κ1) is 11.6. The molecule has 17 heavy (non-hydrogen) atoms. The van der Waals surface area contributed by atoms with Crippen LogP contribution in [0.4, 0.5) is 13.2 Å². The smallest absolute Gasteiger partial charge is 0.296 e. The minimum Gasteiger partial charge on any atom is -0.296 e. The third-order valence-corrected chi connectivity index (χ3v) is 2.46. The molecule has 0 radical (unpaired) electrons. The summed E-state index contributed by atoms with van der Waals surface area (Å²) >= 11 is 0. The van der Waals surface area contributed by atoms with Crippen molar-refractivity contribution in [2.24, 2.45) is 0 Å². The molecule has 0 N–H and O–H groups in total. The second-order valence-corrected chi connectivity index (χ2v) is 3.83. The van der Waals surface area contributed by atoms with Crippen LogP contribution in [0.1, 0.15) is 27.4 Å². The van der Waals surface area contributed by atoms with Crippen LogP contribution in [0.2, 0.25) is 0 Å². The molecule has 3 nitrogen and oxygen atoms in total. The Morgan fingerprint density at radius 3 is 2.47 bits per heavy atom. The van der Waals surface area contributed by atoms with E-state index in [1.54, 1.807) is 19.9 Å². The van der Waals surface area contributed by atoms with Gasteiger partial charge in [0.05, 0.1) is 0 Å². The molecule has 0 aromatic carbocycles. The average Bonchev–Trinajstić information content (AvgIpc) is 2.55. The lowest BCUT2D eigenvalue weighted by molar-refractivity contribution is -0.142. The Hall–Kier alpha value is -1.85. The first-order chi connectivity index (χ1) is 7.84. The first-order valence-electron chi connectivity index (χ1n) is 4.86. The molecular formula is C11H9F3N2O. The number of alkyl halides is 3. The van der Waals surface area contributed by atoms with Gasteiger partial charge in [-0.1, -0.05) is 0 Å². The van der Waals surface area contributed by atoms with Gasteiger partial charge in [0, 0.05) is 5.69 Å². The molecule has 0 aliphatic rings. The van der Waals surface area contributed by atoms with Crippen LogP contribution in [-0.4, -0.2) is 15.7 Å². The normalized spacial score (nSPS) is 12.1. The molecule has 0 unspecified atom stereocenters. The molecule has 0 fully saturated rings. The molecule has 2 heterocycles. The quantitative estimate of drug-likeness (QED) is 0.720. The number of rotatable bonds is 1. The number of aryl methyl sites for hydroxylation is 2. The molecule has 0 spiro atoms. The summed E-state index contributed by atoms with van der Waals surface area (Å²) in [6.45, 7) is 3.31. The average molecular weight is 242 g/mol. The van der Waals surface area contributed by atoms with E-state index in [1.807, 2.05) is 0 Å². The highest BCUT2D eigenvalue weighted by atomic mass is 19.4. The molecule has 90 valence electrons. The predicted octanol–water partition coefficient (Wildman–Crippen LogP) is 2.78. The molecule has 0 atom stereocenters. The summed E-state index contributed by atoms with van der Waals surface area (Å²) in [6.07, 6.45) is -4.47. The van der Waals surface area contributed by atoms with Gasteiger partial charge in [-0.3, -0.25) is 9.20 Å². The summed E-state index contributed by atoms with van der Waals surface area (Å²) in [5.41, 5.74) is -0.262. The Labute approximate surface area is 94.9 Å². The Bertz CT molecular complexity index is 599. The maximum absolute atomic E-state index is 12.9. The lowest BCUT2D eigenvalue weighted by Crippen LogP contribution is -2.13. The van der Waals surface area contributed by atoms with Crippen molar-refractivity contribution in [1.82, 2.24) is 9.38 Å². The summed E-state index contributed by atoms with van der Waals surface area (Å²) < 4.78 is 39.5. The molecule has 2 rings (SSSR count). The van der Waals surface area contributed by atoms with Crippen LogP contribution < -0.4 is 0 Å². The number of aldehydes is 1. The van der Waals surface area contributed by atoms with Crippen molar-refractivity contribution in [3.63, 3.8) is 0 Å². The van der Waals surface area contributed by atoms with E-state index in [1.165, 1.54) is 6.07 Å². The Morgan fingerprint density at radius 1 is 1.29 bits per heavy atom. The number of imidazole rings is 1. The number of halogens is 3. The van der Waals surface area contributed by atoms with Gasteiger partial charge in [0.15, 0.2) is 12.0 Å². The van der Waals surface area contributed by atoms with E-state index in [2.05, 4.69) is 4.98 Å². The highest BCUT2D eigenvalue weighted by Gasteiger charge is 2.38. The molecule has 0 aliphatic carbocycles. The zero-order valence-corrected chi connectivity index (χ0v) is 9.17. The SMILES string of the molecule is Cc1cc(C)n2c(C(F)(F)F)c(C=O)nc2c1. The highest BCUT2D eigenvalue weighted by molar-refractivity contribution is 5.76. The minimum atomic E-state index is -4.60. The third kappa shape index (κ3) is 1.79. The van der Waals surface area contributed by atoms with Gasteiger partial charge in [-0.05, 0) is 31.5 Å². The molecule has 0 saturated heterocycles. The zero-order chi connectivity index (χ0) is 12.8. The van der Waals surface area contributed by atoms with E-state index in [4.69, 9.17) is 0 Å². The van der Waals surface area contributed by atoms with E-state index in [0.717, 1.165) is 9.96 Å². The minimum absolute atomic E-state index is 0.130. The molecular weight excluding hydrogens is 233 g/mol. The van der Waals surface area contributed by atoms with Gasteiger partial charge in [0.2, 0.25) is 0 Å². The van der Waals surface area contributed by atoms with E-state index >= 15 is 0 Å². The Kier molecular flexibility index (Phi) is 2.45. The monoisotopic (exact) mass is 242 g/mol. The number of hydrogen-bond donors (Lipinski definition) is 0. The molecule has 0 aliphatic heterocycles. The van der Waals surface area contributed by atoms with Crippen molar-refractivity contribution >= 4 is 11.9 Å².